The standard InChI is InChI=1S/C21H37NO4S/c1-15(2)20(25)27-14-10-6-7-13-17(19(24)26-21(3,4)5)18(23)22-16-11-8-9-12-16/h15-17H,6-14H2,1-5H3,(H,22,23)/t17-/m0/s1. The summed E-state index contributed by atoms with van der Waals surface area (Å²) in [5, 5.41) is 3.26. The average molecular weight is 400 g/mol. The van der Waals surface area contributed by atoms with Crippen molar-refractivity contribution in [3.63, 3.8) is 0 Å². The van der Waals surface area contributed by atoms with Crippen LogP contribution in [0.2, 0.25) is 0 Å². The van der Waals surface area contributed by atoms with E-state index in [0.717, 1.165) is 50.7 Å². The number of amides is 1. The highest BCUT2D eigenvalue weighted by Crippen LogP contribution is 2.21. The summed E-state index contributed by atoms with van der Waals surface area (Å²) in [5.41, 5.74) is -0.600. The number of ether oxygens (including phenoxy) is 1. The smallest absolute Gasteiger partial charge is 0.319 e. The average Bonchev–Trinajstić information content (AvgIpc) is 3.04. The number of carbonyl (C=O) groups is 3. The Morgan fingerprint density at radius 2 is 1.70 bits per heavy atom. The molecule has 0 unspecified atom stereocenters. The molecule has 0 spiro atoms. The first-order valence-corrected chi connectivity index (χ1v) is 11.3. The van der Waals surface area contributed by atoms with E-state index in [2.05, 4.69) is 5.32 Å². The number of hydrogen-bond donors (Lipinski definition) is 1. The van der Waals surface area contributed by atoms with Crippen LogP contribution in [0.4, 0.5) is 0 Å². The van der Waals surface area contributed by atoms with E-state index in [9.17, 15) is 14.4 Å². The van der Waals surface area contributed by atoms with Gasteiger partial charge in [-0.1, -0.05) is 51.3 Å². The van der Waals surface area contributed by atoms with Gasteiger partial charge in [-0.15, -0.1) is 0 Å². The first kappa shape index (κ1) is 24.0. The van der Waals surface area contributed by atoms with Crippen molar-refractivity contribution >= 4 is 28.8 Å². The second-order valence-corrected chi connectivity index (χ2v) is 9.85. The molecule has 5 nitrogen and oxygen atoms in total. The molecule has 0 bridgehead atoms. The van der Waals surface area contributed by atoms with Crippen LogP contribution in [-0.4, -0.2) is 34.4 Å². The maximum atomic E-state index is 12.6. The summed E-state index contributed by atoms with van der Waals surface area (Å²) < 4.78 is 5.47. The molecule has 0 saturated heterocycles. The van der Waals surface area contributed by atoms with Gasteiger partial charge in [0.05, 0.1) is 0 Å². The number of unbranched alkanes of at least 4 members (excludes halogenated alkanes) is 2. The fraction of sp³-hybridized carbons (Fsp3) is 0.857. The SMILES string of the molecule is CC(C)C(=O)SCCCCC[C@@H](C(=O)NC1CCCC1)C(=O)OC(C)(C)C. The number of esters is 1. The van der Waals surface area contributed by atoms with Crippen LogP contribution in [0.1, 0.15) is 86.0 Å². The van der Waals surface area contributed by atoms with E-state index in [1.165, 1.54) is 11.8 Å². The first-order chi connectivity index (χ1) is 12.6. The number of rotatable bonds is 10. The molecule has 1 saturated carbocycles. The van der Waals surface area contributed by atoms with Gasteiger partial charge in [0.15, 0.2) is 5.12 Å². The molecule has 6 heteroatoms. The van der Waals surface area contributed by atoms with Crippen molar-refractivity contribution < 1.29 is 19.1 Å². The minimum Gasteiger partial charge on any atom is -0.459 e. The summed E-state index contributed by atoms with van der Waals surface area (Å²) in [6.07, 6.45) is 7.34. The van der Waals surface area contributed by atoms with Gasteiger partial charge in [0, 0.05) is 17.7 Å². The van der Waals surface area contributed by atoms with Gasteiger partial charge in [-0.2, -0.15) is 0 Å². The molecule has 1 aliphatic carbocycles. The molecule has 1 rings (SSSR count). The Morgan fingerprint density at radius 1 is 1.07 bits per heavy atom. The molecule has 0 heterocycles. The zero-order valence-electron chi connectivity index (χ0n) is 17.6. The molecule has 156 valence electrons. The number of thioether (sulfide) groups is 1. The van der Waals surface area contributed by atoms with Crippen molar-refractivity contribution in [2.45, 2.75) is 97.6 Å². The maximum Gasteiger partial charge on any atom is 0.319 e. The minimum absolute atomic E-state index is 0.0610. The van der Waals surface area contributed by atoms with Crippen LogP contribution in [0.5, 0.6) is 0 Å². The Morgan fingerprint density at radius 3 is 2.26 bits per heavy atom. The van der Waals surface area contributed by atoms with E-state index >= 15 is 0 Å². The molecule has 0 aliphatic heterocycles. The van der Waals surface area contributed by atoms with E-state index in [0.29, 0.717) is 6.42 Å². The molecule has 1 aliphatic rings. The molecule has 0 aromatic heterocycles. The lowest BCUT2D eigenvalue weighted by Gasteiger charge is -2.24. The van der Waals surface area contributed by atoms with E-state index in [1.807, 2.05) is 34.6 Å². The third kappa shape index (κ3) is 10.2. The van der Waals surface area contributed by atoms with Gasteiger partial charge in [0.2, 0.25) is 5.91 Å². The van der Waals surface area contributed by atoms with Crippen LogP contribution in [0.25, 0.3) is 0 Å². The number of nitrogens with one attached hydrogen (secondary N) is 1. The third-order valence-corrected chi connectivity index (χ3v) is 5.81. The second-order valence-electron chi connectivity index (χ2n) is 8.75. The lowest BCUT2D eigenvalue weighted by molar-refractivity contribution is -0.163. The van der Waals surface area contributed by atoms with Crippen LogP contribution in [0.3, 0.4) is 0 Å². The summed E-state index contributed by atoms with van der Waals surface area (Å²) in [5.74, 6) is -0.508. The predicted molar refractivity (Wildman–Crippen MR) is 111 cm³/mol. The van der Waals surface area contributed by atoms with Gasteiger partial charge in [-0.25, -0.2) is 0 Å². The Balaban J connectivity index is 2.46. The van der Waals surface area contributed by atoms with Crippen molar-refractivity contribution in [2.24, 2.45) is 11.8 Å². The maximum absolute atomic E-state index is 12.6. The largest absolute Gasteiger partial charge is 0.459 e. The van der Waals surface area contributed by atoms with Gasteiger partial charge >= 0.3 is 5.97 Å². The zero-order chi connectivity index (χ0) is 20.4. The Kier molecular flexibility index (Phi) is 10.4. The Hall–Kier alpha value is -1.04. The Bertz CT molecular complexity index is 493. The second kappa shape index (κ2) is 11.7. The molecule has 1 N–H and O–H groups in total. The topological polar surface area (TPSA) is 72.5 Å². The zero-order valence-corrected chi connectivity index (χ0v) is 18.5. The van der Waals surface area contributed by atoms with Crippen molar-refractivity contribution in [1.82, 2.24) is 5.32 Å². The summed E-state index contributed by atoms with van der Waals surface area (Å²) in [6, 6.07) is 0.195. The van der Waals surface area contributed by atoms with Crippen molar-refractivity contribution in [3.05, 3.63) is 0 Å². The molecule has 0 radical (unpaired) electrons. The summed E-state index contributed by atoms with van der Waals surface area (Å²) in [7, 11) is 0. The summed E-state index contributed by atoms with van der Waals surface area (Å²) in [6.45, 7) is 9.27. The fourth-order valence-electron chi connectivity index (χ4n) is 3.07. The van der Waals surface area contributed by atoms with Gasteiger partial charge in [-0.3, -0.25) is 14.4 Å². The highest BCUT2D eigenvalue weighted by Gasteiger charge is 2.32. The van der Waals surface area contributed by atoms with Gasteiger partial charge < -0.3 is 10.1 Å². The van der Waals surface area contributed by atoms with Crippen LogP contribution in [-0.2, 0) is 19.1 Å². The molecule has 1 amide bonds. The van der Waals surface area contributed by atoms with E-state index in [1.54, 1.807) is 0 Å². The predicted octanol–water partition coefficient (Wildman–Crippen LogP) is 4.48. The number of carbonyl (C=O) groups excluding carboxylic acids is 3. The van der Waals surface area contributed by atoms with E-state index in [4.69, 9.17) is 4.74 Å². The quantitative estimate of drug-likeness (QED) is 0.333. The highest BCUT2D eigenvalue weighted by molar-refractivity contribution is 8.13. The molecule has 27 heavy (non-hydrogen) atoms. The van der Waals surface area contributed by atoms with Gasteiger partial charge in [0.25, 0.3) is 0 Å². The molecular formula is C21H37NO4S. The lowest BCUT2D eigenvalue weighted by atomic mass is 9.99. The van der Waals surface area contributed by atoms with E-state index in [-0.39, 0.29) is 23.0 Å². The Labute approximate surface area is 168 Å². The highest BCUT2D eigenvalue weighted by atomic mass is 32.2. The minimum atomic E-state index is -0.741. The fourth-order valence-corrected chi connectivity index (χ4v) is 3.95. The third-order valence-electron chi connectivity index (χ3n) is 4.56. The van der Waals surface area contributed by atoms with Gasteiger partial charge in [0.1, 0.15) is 11.5 Å². The van der Waals surface area contributed by atoms with Crippen molar-refractivity contribution in [3.8, 4) is 0 Å². The summed E-state index contributed by atoms with van der Waals surface area (Å²) in [4.78, 5) is 36.8. The van der Waals surface area contributed by atoms with Gasteiger partial charge in [-0.05, 0) is 46.5 Å². The molecule has 0 aromatic carbocycles. The molecular weight excluding hydrogens is 362 g/mol. The summed E-state index contributed by atoms with van der Waals surface area (Å²) >= 11 is 1.38. The van der Waals surface area contributed by atoms with Crippen LogP contribution >= 0.6 is 11.8 Å². The molecule has 1 atom stereocenters. The normalized spacial score (nSPS) is 16.4. The van der Waals surface area contributed by atoms with Crippen LogP contribution in [0.15, 0.2) is 0 Å². The van der Waals surface area contributed by atoms with E-state index < -0.39 is 17.5 Å². The van der Waals surface area contributed by atoms with Crippen LogP contribution in [0, 0.1) is 11.8 Å². The molecule has 0 aromatic rings. The van der Waals surface area contributed by atoms with Crippen LogP contribution < -0.4 is 5.32 Å². The monoisotopic (exact) mass is 399 g/mol. The first-order valence-electron chi connectivity index (χ1n) is 10.3. The molecule has 1 fully saturated rings. The number of hydrogen-bond acceptors (Lipinski definition) is 5. The van der Waals surface area contributed by atoms with Crippen molar-refractivity contribution in [1.29, 1.82) is 0 Å². The lowest BCUT2D eigenvalue weighted by Crippen LogP contribution is -2.42. The van der Waals surface area contributed by atoms with Crippen molar-refractivity contribution in [2.75, 3.05) is 5.75 Å².